The highest BCUT2D eigenvalue weighted by atomic mass is 32.2. The van der Waals surface area contributed by atoms with Crippen molar-refractivity contribution in [3.05, 3.63) is 70.6 Å². The Morgan fingerprint density at radius 1 is 1.03 bits per heavy atom. The smallest absolute Gasteiger partial charge is 0.273 e. The second kappa shape index (κ2) is 7.79. The Morgan fingerprint density at radius 3 is 2.60 bits per heavy atom. The van der Waals surface area contributed by atoms with E-state index in [2.05, 4.69) is 21.8 Å². The van der Waals surface area contributed by atoms with Gasteiger partial charge < -0.3 is 5.10 Å². The van der Waals surface area contributed by atoms with Crippen molar-refractivity contribution in [1.82, 2.24) is 15.2 Å². The fraction of sp³-hybridized carbons (Fsp3) is 0.182. The zero-order valence-electron chi connectivity index (χ0n) is 16.7. The fourth-order valence-corrected chi connectivity index (χ4v) is 4.16. The number of nitrogens with zero attached hydrogens (tertiary/aromatic N) is 1. The number of aromatic nitrogens is 3. The molecular weight excluding hydrogens is 400 g/mol. The number of sulfonamides is 1. The molecule has 0 fully saturated rings. The number of rotatable bonds is 6. The predicted octanol–water partition coefficient (Wildman–Crippen LogP) is 3.91. The average molecular weight is 423 g/mol. The lowest BCUT2D eigenvalue weighted by Crippen LogP contribution is -2.09. The molecule has 4 aromatic rings. The van der Waals surface area contributed by atoms with Crippen molar-refractivity contribution >= 4 is 26.6 Å². The van der Waals surface area contributed by atoms with Gasteiger partial charge in [-0.2, -0.15) is 0 Å². The van der Waals surface area contributed by atoms with Gasteiger partial charge >= 0.3 is 0 Å². The molecule has 0 amide bonds. The first kappa shape index (κ1) is 19.9. The molecule has 0 unspecified atom stereocenters. The number of aryl methyl sites for hydroxylation is 1. The van der Waals surface area contributed by atoms with Crippen LogP contribution in [0.4, 0.5) is 5.69 Å². The molecule has 0 radical (unpaired) electrons. The van der Waals surface area contributed by atoms with Gasteiger partial charge in [-0.05, 0) is 41.8 Å². The maximum Gasteiger partial charge on any atom is 0.273 e. The van der Waals surface area contributed by atoms with E-state index in [1.807, 2.05) is 36.4 Å². The van der Waals surface area contributed by atoms with Crippen LogP contribution < -0.4 is 10.3 Å². The second-order valence-corrected chi connectivity index (χ2v) is 8.96. The minimum Gasteiger partial charge on any atom is -0.302 e. The van der Waals surface area contributed by atoms with E-state index in [1.165, 1.54) is 0 Å². The zero-order chi connectivity index (χ0) is 21.3. The monoisotopic (exact) mass is 422 g/mol. The van der Waals surface area contributed by atoms with Crippen molar-refractivity contribution in [3.63, 3.8) is 0 Å². The number of aromatic amines is 2. The van der Waals surface area contributed by atoms with Gasteiger partial charge in [0.2, 0.25) is 10.0 Å². The minimum absolute atomic E-state index is 0.209. The maximum atomic E-state index is 12.5. The molecule has 0 aliphatic carbocycles. The number of benzene rings is 2. The van der Waals surface area contributed by atoms with Crippen LogP contribution in [0.1, 0.15) is 19.0 Å². The van der Waals surface area contributed by atoms with Crippen LogP contribution in [0.25, 0.3) is 33.3 Å². The summed E-state index contributed by atoms with van der Waals surface area (Å²) in [5, 5.41) is 6.55. The summed E-state index contributed by atoms with van der Waals surface area (Å²) in [6.45, 7) is 2.05. The third-order valence-electron chi connectivity index (χ3n) is 4.80. The van der Waals surface area contributed by atoms with Crippen LogP contribution in [-0.4, -0.2) is 29.9 Å². The fourth-order valence-electron chi connectivity index (χ4n) is 3.61. The van der Waals surface area contributed by atoms with Crippen molar-refractivity contribution in [2.45, 2.75) is 19.8 Å². The van der Waals surface area contributed by atoms with E-state index in [0.717, 1.165) is 46.8 Å². The molecular formula is C22H22N4O3S. The van der Waals surface area contributed by atoms with Crippen LogP contribution in [0.15, 0.2) is 59.4 Å². The molecule has 30 heavy (non-hydrogen) atoms. The second-order valence-electron chi connectivity index (χ2n) is 7.21. The van der Waals surface area contributed by atoms with E-state index in [-0.39, 0.29) is 5.56 Å². The highest BCUT2D eigenvalue weighted by Gasteiger charge is 2.16. The van der Waals surface area contributed by atoms with E-state index >= 15 is 0 Å². The van der Waals surface area contributed by atoms with Gasteiger partial charge in [0.25, 0.3) is 5.56 Å². The third-order valence-corrected chi connectivity index (χ3v) is 5.41. The van der Waals surface area contributed by atoms with Crippen molar-refractivity contribution in [2.24, 2.45) is 0 Å². The number of hydrogen-bond donors (Lipinski definition) is 3. The van der Waals surface area contributed by atoms with E-state index in [1.54, 1.807) is 18.2 Å². The summed E-state index contributed by atoms with van der Waals surface area (Å²) >= 11 is 0. The molecule has 2 aromatic carbocycles. The number of para-hydroxylation sites is 1. The summed E-state index contributed by atoms with van der Waals surface area (Å²) in [6, 6.07) is 16.8. The van der Waals surface area contributed by atoms with E-state index in [9.17, 15) is 13.2 Å². The Hall–Kier alpha value is -3.39. The number of hydrogen-bond acceptors (Lipinski definition) is 4. The van der Waals surface area contributed by atoms with Gasteiger partial charge in [0.05, 0.1) is 23.0 Å². The van der Waals surface area contributed by atoms with Gasteiger partial charge in [-0.1, -0.05) is 43.7 Å². The van der Waals surface area contributed by atoms with Crippen LogP contribution in [-0.2, 0) is 16.4 Å². The molecule has 0 aliphatic heterocycles. The first-order valence-electron chi connectivity index (χ1n) is 9.63. The highest BCUT2D eigenvalue weighted by Crippen LogP contribution is 2.33. The molecule has 0 bridgehead atoms. The van der Waals surface area contributed by atoms with Crippen LogP contribution >= 0.6 is 0 Å². The van der Waals surface area contributed by atoms with Crippen molar-refractivity contribution in [3.8, 4) is 22.4 Å². The molecule has 3 N–H and O–H groups in total. The SMILES string of the molecule is CCCc1[nH][nH]c(=O)c1-c1cc(-c2cccc(NS(C)(=O)=O)c2)c2ccccc2n1. The molecule has 0 saturated heterocycles. The van der Waals surface area contributed by atoms with Crippen LogP contribution in [0.5, 0.6) is 0 Å². The molecule has 7 nitrogen and oxygen atoms in total. The molecule has 2 aromatic heterocycles. The minimum atomic E-state index is -3.39. The van der Waals surface area contributed by atoms with Crippen LogP contribution in [0, 0.1) is 0 Å². The number of pyridine rings is 1. The number of fused-ring (bicyclic) bond motifs is 1. The van der Waals surface area contributed by atoms with Crippen molar-refractivity contribution in [1.29, 1.82) is 0 Å². The lowest BCUT2D eigenvalue weighted by Gasteiger charge is -2.12. The Kier molecular flexibility index (Phi) is 5.17. The van der Waals surface area contributed by atoms with Crippen LogP contribution in [0.2, 0.25) is 0 Å². The Balaban J connectivity index is 1.94. The van der Waals surface area contributed by atoms with E-state index in [0.29, 0.717) is 16.9 Å². The standard InChI is InChI=1S/C22H22N4O3S/c1-3-7-19-21(22(27)25-24-19)20-13-17(16-10-4-5-11-18(16)23-20)14-8-6-9-15(12-14)26-30(2,28)29/h4-6,8-13,26H,3,7H2,1-2H3,(H2,24,25,27). The Morgan fingerprint density at radius 2 is 1.83 bits per heavy atom. The van der Waals surface area contributed by atoms with Gasteiger partial charge in [-0.15, -0.1) is 0 Å². The number of anilines is 1. The summed E-state index contributed by atoms with van der Waals surface area (Å²) in [7, 11) is -3.39. The molecule has 8 heteroatoms. The summed E-state index contributed by atoms with van der Waals surface area (Å²) in [4.78, 5) is 17.2. The maximum absolute atomic E-state index is 12.5. The number of nitrogens with one attached hydrogen (secondary N) is 3. The molecule has 0 spiro atoms. The van der Waals surface area contributed by atoms with Gasteiger partial charge in [0.1, 0.15) is 0 Å². The molecule has 4 rings (SSSR count). The molecule has 0 aliphatic rings. The quantitative estimate of drug-likeness (QED) is 0.438. The van der Waals surface area contributed by atoms with Crippen LogP contribution in [0.3, 0.4) is 0 Å². The molecule has 0 saturated carbocycles. The third kappa shape index (κ3) is 3.99. The zero-order valence-corrected chi connectivity index (χ0v) is 17.5. The average Bonchev–Trinajstić information content (AvgIpc) is 3.06. The normalized spacial score (nSPS) is 11.7. The first-order chi connectivity index (χ1) is 14.4. The summed E-state index contributed by atoms with van der Waals surface area (Å²) in [6.07, 6.45) is 2.74. The largest absolute Gasteiger partial charge is 0.302 e. The van der Waals surface area contributed by atoms with Gasteiger partial charge in [-0.3, -0.25) is 14.6 Å². The molecule has 2 heterocycles. The topological polar surface area (TPSA) is 108 Å². The first-order valence-corrected chi connectivity index (χ1v) is 11.5. The van der Waals surface area contributed by atoms with Crippen molar-refractivity contribution in [2.75, 3.05) is 11.0 Å². The predicted molar refractivity (Wildman–Crippen MR) is 120 cm³/mol. The summed E-state index contributed by atoms with van der Waals surface area (Å²) in [5.74, 6) is 0. The van der Waals surface area contributed by atoms with Crippen molar-refractivity contribution < 1.29 is 8.42 Å². The van der Waals surface area contributed by atoms with E-state index in [4.69, 9.17) is 4.98 Å². The number of H-pyrrole nitrogens is 2. The summed E-state index contributed by atoms with van der Waals surface area (Å²) in [5.41, 5.74) is 4.66. The summed E-state index contributed by atoms with van der Waals surface area (Å²) < 4.78 is 25.8. The van der Waals surface area contributed by atoms with Gasteiger partial charge in [0, 0.05) is 16.8 Å². The Bertz CT molecular complexity index is 1390. The molecule has 154 valence electrons. The lowest BCUT2D eigenvalue weighted by atomic mass is 9.97. The lowest BCUT2D eigenvalue weighted by molar-refractivity contribution is 0.607. The van der Waals surface area contributed by atoms with Gasteiger partial charge in [-0.25, -0.2) is 13.4 Å². The van der Waals surface area contributed by atoms with E-state index < -0.39 is 10.0 Å². The highest BCUT2D eigenvalue weighted by molar-refractivity contribution is 7.92. The molecule has 0 atom stereocenters. The van der Waals surface area contributed by atoms with Gasteiger partial charge in [0.15, 0.2) is 0 Å². The Labute approximate surface area is 174 Å².